The second kappa shape index (κ2) is 4.67. The van der Waals surface area contributed by atoms with Gasteiger partial charge in [-0.15, -0.1) is 0 Å². The van der Waals surface area contributed by atoms with Crippen LogP contribution in [0.4, 0.5) is 5.69 Å². The summed E-state index contributed by atoms with van der Waals surface area (Å²) in [6.07, 6.45) is 1.58. The van der Waals surface area contributed by atoms with E-state index in [4.69, 9.17) is 5.73 Å². The van der Waals surface area contributed by atoms with E-state index in [0.29, 0.717) is 6.42 Å². The van der Waals surface area contributed by atoms with Gasteiger partial charge in [0.05, 0.1) is 0 Å². The molecule has 0 spiro atoms. The minimum atomic E-state index is -0.786. The van der Waals surface area contributed by atoms with E-state index in [1.165, 1.54) is 11.1 Å². The average Bonchev–Trinajstić information content (AvgIpc) is 2.82. The van der Waals surface area contributed by atoms with E-state index in [1.807, 2.05) is 49.4 Å². The summed E-state index contributed by atoms with van der Waals surface area (Å²) in [6, 6.07) is 16.0. The first kappa shape index (κ1) is 12.7. The maximum atomic E-state index is 12.1. The van der Waals surface area contributed by atoms with Gasteiger partial charge in [0, 0.05) is 5.69 Å². The summed E-state index contributed by atoms with van der Waals surface area (Å²) in [4.78, 5) is 12.1. The standard InChI is InChI=1S/C17H18N2O/c1-12-6-8-14(9-7-12)19-17(16(18)20)11-10-13-4-2-3-5-15(13)17/h2-9,19H,10-11H2,1H3,(H2,18,20). The van der Waals surface area contributed by atoms with Gasteiger partial charge in [-0.2, -0.15) is 0 Å². The number of rotatable bonds is 3. The van der Waals surface area contributed by atoms with Crippen molar-refractivity contribution in [2.24, 2.45) is 5.73 Å². The molecule has 2 aromatic carbocycles. The third-order valence-electron chi connectivity index (χ3n) is 4.08. The quantitative estimate of drug-likeness (QED) is 0.897. The second-order valence-electron chi connectivity index (χ2n) is 5.42. The number of hydrogen-bond donors (Lipinski definition) is 2. The molecule has 0 radical (unpaired) electrons. The molecule has 1 unspecified atom stereocenters. The first-order valence-electron chi connectivity index (χ1n) is 6.85. The third kappa shape index (κ3) is 1.95. The maximum absolute atomic E-state index is 12.1. The van der Waals surface area contributed by atoms with Crippen molar-refractivity contribution in [3.8, 4) is 0 Å². The zero-order valence-electron chi connectivity index (χ0n) is 11.5. The fraction of sp³-hybridized carbons (Fsp3) is 0.235. The van der Waals surface area contributed by atoms with Gasteiger partial charge in [-0.3, -0.25) is 4.79 Å². The van der Waals surface area contributed by atoms with E-state index in [-0.39, 0.29) is 5.91 Å². The van der Waals surface area contributed by atoms with Crippen molar-refractivity contribution in [3.63, 3.8) is 0 Å². The van der Waals surface area contributed by atoms with Crippen molar-refractivity contribution in [1.29, 1.82) is 0 Å². The van der Waals surface area contributed by atoms with Gasteiger partial charge in [-0.25, -0.2) is 0 Å². The Labute approximate surface area is 118 Å². The molecule has 0 bridgehead atoms. The summed E-state index contributed by atoms with van der Waals surface area (Å²) in [6.45, 7) is 2.04. The first-order chi connectivity index (χ1) is 9.62. The van der Waals surface area contributed by atoms with Crippen molar-refractivity contribution >= 4 is 11.6 Å². The van der Waals surface area contributed by atoms with Gasteiger partial charge in [0.1, 0.15) is 5.54 Å². The molecule has 0 saturated carbocycles. The summed E-state index contributed by atoms with van der Waals surface area (Å²) < 4.78 is 0. The van der Waals surface area contributed by atoms with Gasteiger partial charge < -0.3 is 11.1 Å². The Hall–Kier alpha value is -2.29. The fourth-order valence-corrected chi connectivity index (χ4v) is 2.94. The molecule has 20 heavy (non-hydrogen) atoms. The number of benzene rings is 2. The highest BCUT2D eigenvalue weighted by Gasteiger charge is 2.43. The summed E-state index contributed by atoms with van der Waals surface area (Å²) in [5.74, 6) is -0.317. The number of anilines is 1. The monoisotopic (exact) mass is 266 g/mol. The van der Waals surface area contributed by atoms with Crippen LogP contribution in [0.25, 0.3) is 0 Å². The van der Waals surface area contributed by atoms with E-state index in [0.717, 1.165) is 17.7 Å². The molecule has 3 rings (SSSR count). The molecule has 1 amide bonds. The Bertz CT molecular complexity index is 648. The lowest BCUT2D eigenvalue weighted by Crippen LogP contribution is -2.46. The molecule has 0 fully saturated rings. The Morgan fingerprint density at radius 2 is 1.85 bits per heavy atom. The molecular formula is C17H18N2O. The highest BCUT2D eigenvalue weighted by atomic mass is 16.1. The predicted octanol–water partition coefficient (Wildman–Crippen LogP) is 2.73. The molecule has 0 aliphatic heterocycles. The van der Waals surface area contributed by atoms with Crippen molar-refractivity contribution in [2.45, 2.75) is 25.3 Å². The second-order valence-corrected chi connectivity index (χ2v) is 5.42. The van der Waals surface area contributed by atoms with E-state index < -0.39 is 5.54 Å². The largest absolute Gasteiger partial charge is 0.368 e. The van der Waals surface area contributed by atoms with Crippen molar-refractivity contribution in [1.82, 2.24) is 0 Å². The summed E-state index contributed by atoms with van der Waals surface area (Å²) >= 11 is 0. The molecule has 1 aliphatic carbocycles. The zero-order chi connectivity index (χ0) is 14.2. The molecular weight excluding hydrogens is 248 g/mol. The minimum absolute atomic E-state index is 0.317. The normalized spacial score (nSPS) is 20.4. The maximum Gasteiger partial charge on any atom is 0.247 e. The highest BCUT2D eigenvalue weighted by molar-refractivity contribution is 5.90. The zero-order valence-corrected chi connectivity index (χ0v) is 11.5. The van der Waals surface area contributed by atoms with Crippen LogP contribution in [0.2, 0.25) is 0 Å². The van der Waals surface area contributed by atoms with Crippen LogP contribution in [-0.4, -0.2) is 5.91 Å². The Morgan fingerprint density at radius 1 is 1.15 bits per heavy atom. The third-order valence-corrected chi connectivity index (χ3v) is 4.08. The van der Waals surface area contributed by atoms with Crippen LogP contribution in [0.1, 0.15) is 23.1 Å². The molecule has 1 aliphatic rings. The van der Waals surface area contributed by atoms with Gasteiger partial charge in [-0.1, -0.05) is 42.0 Å². The predicted molar refractivity (Wildman–Crippen MR) is 80.4 cm³/mol. The molecule has 3 nitrogen and oxygen atoms in total. The van der Waals surface area contributed by atoms with Crippen LogP contribution in [0.5, 0.6) is 0 Å². The molecule has 0 saturated heterocycles. The van der Waals surface area contributed by atoms with Gasteiger partial charge in [0.25, 0.3) is 0 Å². The number of fused-ring (bicyclic) bond motifs is 1. The molecule has 1 atom stereocenters. The Kier molecular flexibility index (Phi) is 2.97. The summed E-state index contributed by atoms with van der Waals surface area (Å²) in [5.41, 5.74) is 9.26. The lowest BCUT2D eigenvalue weighted by atomic mass is 9.90. The average molecular weight is 266 g/mol. The van der Waals surface area contributed by atoms with Gasteiger partial charge in [-0.05, 0) is 43.0 Å². The van der Waals surface area contributed by atoms with Gasteiger partial charge in [0.15, 0.2) is 0 Å². The number of hydrogen-bond acceptors (Lipinski definition) is 2. The van der Waals surface area contributed by atoms with Crippen LogP contribution >= 0.6 is 0 Å². The topological polar surface area (TPSA) is 55.1 Å². The number of amides is 1. The molecule has 0 aromatic heterocycles. The van der Waals surface area contributed by atoms with Crippen LogP contribution in [0.15, 0.2) is 48.5 Å². The van der Waals surface area contributed by atoms with Crippen LogP contribution < -0.4 is 11.1 Å². The summed E-state index contributed by atoms with van der Waals surface area (Å²) in [5, 5.41) is 3.36. The van der Waals surface area contributed by atoms with Gasteiger partial charge in [0.2, 0.25) is 5.91 Å². The molecule has 3 N–H and O–H groups in total. The first-order valence-corrected chi connectivity index (χ1v) is 6.85. The van der Waals surface area contributed by atoms with Crippen LogP contribution in [0, 0.1) is 6.92 Å². The number of aryl methyl sites for hydroxylation is 2. The number of nitrogens with one attached hydrogen (secondary N) is 1. The molecule has 102 valence electrons. The summed E-state index contributed by atoms with van der Waals surface area (Å²) in [7, 11) is 0. The molecule has 0 heterocycles. The van der Waals surface area contributed by atoms with Crippen LogP contribution in [-0.2, 0) is 16.8 Å². The van der Waals surface area contributed by atoms with E-state index >= 15 is 0 Å². The smallest absolute Gasteiger partial charge is 0.247 e. The van der Waals surface area contributed by atoms with E-state index in [9.17, 15) is 4.79 Å². The van der Waals surface area contributed by atoms with Crippen molar-refractivity contribution in [2.75, 3.05) is 5.32 Å². The number of carbonyl (C=O) groups is 1. The van der Waals surface area contributed by atoms with Crippen LogP contribution in [0.3, 0.4) is 0 Å². The fourth-order valence-electron chi connectivity index (χ4n) is 2.94. The minimum Gasteiger partial charge on any atom is -0.368 e. The highest BCUT2D eigenvalue weighted by Crippen LogP contribution is 2.39. The number of primary amides is 1. The molecule has 2 aromatic rings. The Balaban J connectivity index is 2.02. The van der Waals surface area contributed by atoms with Gasteiger partial charge >= 0.3 is 0 Å². The van der Waals surface area contributed by atoms with Crippen molar-refractivity contribution in [3.05, 3.63) is 65.2 Å². The molecule has 3 heteroatoms. The van der Waals surface area contributed by atoms with Crippen molar-refractivity contribution < 1.29 is 4.79 Å². The Morgan fingerprint density at radius 3 is 2.55 bits per heavy atom. The van der Waals surface area contributed by atoms with E-state index in [2.05, 4.69) is 11.4 Å². The lowest BCUT2D eigenvalue weighted by Gasteiger charge is -2.29. The number of nitrogens with two attached hydrogens (primary N) is 1. The van der Waals surface area contributed by atoms with E-state index in [1.54, 1.807) is 0 Å². The lowest BCUT2D eigenvalue weighted by molar-refractivity contribution is -0.122. The SMILES string of the molecule is Cc1ccc(NC2(C(N)=O)CCc3ccccc32)cc1. The number of carbonyl (C=O) groups excluding carboxylic acids is 1.